The molecular weight excluding hydrogens is 331 g/mol. The van der Waals surface area contributed by atoms with Gasteiger partial charge in [0.25, 0.3) is 0 Å². The van der Waals surface area contributed by atoms with Crippen LogP contribution < -0.4 is 10.2 Å². The van der Waals surface area contributed by atoms with Crippen molar-refractivity contribution in [3.8, 4) is 0 Å². The fourth-order valence-corrected chi connectivity index (χ4v) is 3.05. The molecule has 2 aromatic rings. The van der Waals surface area contributed by atoms with E-state index in [1.807, 2.05) is 0 Å². The highest BCUT2D eigenvalue weighted by Gasteiger charge is 2.25. The van der Waals surface area contributed by atoms with Crippen molar-refractivity contribution < 1.29 is 14.0 Å². The number of carbonyl (C=O) groups is 2. The van der Waals surface area contributed by atoms with E-state index in [4.69, 9.17) is 11.6 Å². The van der Waals surface area contributed by atoms with Gasteiger partial charge in [-0.05, 0) is 48.7 Å². The Morgan fingerprint density at radius 1 is 1.25 bits per heavy atom. The van der Waals surface area contributed by atoms with Crippen molar-refractivity contribution in [3.05, 3.63) is 58.4 Å². The van der Waals surface area contributed by atoms with Crippen LogP contribution in [0.1, 0.15) is 18.1 Å². The first-order chi connectivity index (χ1) is 11.4. The highest BCUT2D eigenvalue weighted by molar-refractivity contribution is 6.34. The largest absolute Gasteiger partial charge is 0.326 e. The smallest absolute Gasteiger partial charge is 0.306 e. The SMILES string of the molecule is CC(=O)Cc1ccc(NC(=O)N2CCc3ccc(F)cc32)c(Cl)c1. The van der Waals surface area contributed by atoms with Crippen molar-refractivity contribution in [1.82, 2.24) is 0 Å². The summed E-state index contributed by atoms with van der Waals surface area (Å²) in [6.07, 6.45) is 0.987. The molecule has 0 aliphatic carbocycles. The van der Waals surface area contributed by atoms with E-state index in [-0.39, 0.29) is 17.6 Å². The van der Waals surface area contributed by atoms with E-state index in [1.165, 1.54) is 24.0 Å². The number of carbonyl (C=O) groups excluding carboxylic acids is 2. The Balaban J connectivity index is 1.77. The third kappa shape index (κ3) is 3.41. The van der Waals surface area contributed by atoms with E-state index in [0.29, 0.717) is 35.8 Å². The van der Waals surface area contributed by atoms with Crippen LogP contribution in [0.2, 0.25) is 5.02 Å². The maximum absolute atomic E-state index is 13.4. The minimum Gasteiger partial charge on any atom is -0.306 e. The highest BCUT2D eigenvalue weighted by atomic mass is 35.5. The number of ketones is 1. The molecule has 1 heterocycles. The molecule has 0 unspecified atom stereocenters. The molecule has 0 saturated carbocycles. The Kier molecular flexibility index (Phi) is 4.53. The van der Waals surface area contributed by atoms with Gasteiger partial charge in [-0.25, -0.2) is 9.18 Å². The van der Waals surface area contributed by atoms with Crippen molar-refractivity contribution in [2.75, 3.05) is 16.8 Å². The number of rotatable bonds is 3. The summed E-state index contributed by atoms with van der Waals surface area (Å²) < 4.78 is 13.4. The summed E-state index contributed by atoms with van der Waals surface area (Å²) in [4.78, 5) is 25.1. The minimum atomic E-state index is -0.375. The summed E-state index contributed by atoms with van der Waals surface area (Å²) in [6.45, 7) is 2.00. The predicted octanol–water partition coefficient (Wildman–Crippen LogP) is 4.21. The lowest BCUT2D eigenvalue weighted by Gasteiger charge is -2.19. The van der Waals surface area contributed by atoms with Gasteiger partial charge in [-0.2, -0.15) is 0 Å². The molecule has 1 aliphatic rings. The number of urea groups is 1. The zero-order chi connectivity index (χ0) is 17.3. The lowest BCUT2D eigenvalue weighted by molar-refractivity contribution is -0.116. The molecule has 0 atom stereocenters. The number of nitrogens with one attached hydrogen (secondary N) is 1. The molecule has 1 N–H and O–H groups in total. The second-order valence-electron chi connectivity index (χ2n) is 5.80. The van der Waals surface area contributed by atoms with Crippen molar-refractivity contribution in [1.29, 1.82) is 0 Å². The van der Waals surface area contributed by atoms with Crippen LogP contribution in [-0.4, -0.2) is 18.4 Å². The van der Waals surface area contributed by atoms with Crippen molar-refractivity contribution in [2.45, 2.75) is 19.8 Å². The van der Waals surface area contributed by atoms with E-state index in [1.54, 1.807) is 24.3 Å². The molecule has 0 aromatic heterocycles. The average Bonchev–Trinajstić information content (AvgIpc) is 2.92. The first kappa shape index (κ1) is 16.5. The van der Waals surface area contributed by atoms with Gasteiger partial charge >= 0.3 is 6.03 Å². The monoisotopic (exact) mass is 346 g/mol. The van der Waals surface area contributed by atoms with Gasteiger partial charge in [-0.1, -0.05) is 23.7 Å². The molecule has 0 fully saturated rings. The first-order valence-corrected chi connectivity index (χ1v) is 7.96. The predicted molar refractivity (Wildman–Crippen MR) is 92.3 cm³/mol. The summed E-state index contributed by atoms with van der Waals surface area (Å²) in [5.74, 6) is -0.335. The quantitative estimate of drug-likeness (QED) is 0.905. The number of hydrogen-bond donors (Lipinski definition) is 1. The van der Waals surface area contributed by atoms with Gasteiger partial charge in [0.05, 0.1) is 16.4 Å². The van der Waals surface area contributed by atoms with E-state index in [9.17, 15) is 14.0 Å². The second kappa shape index (κ2) is 6.61. The molecule has 24 heavy (non-hydrogen) atoms. The maximum atomic E-state index is 13.4. The van der Waals surface area contributed by atoms with Crippen LogP contribution in [0.5, 0.6) is 0 Å². The minimum absolute atomic E-state index is 0.0403. The van der Waals surface area contributed by atoms with Crippen molar-refractivity contribution in [3.63, 3.8) is 0 Å². The molecule has 0 radical (unpaired) electrons. The molecule has 124 valence electrons. The summed E-state index contributed by atoms with van der Waals surface area (Å²) in [6, 6.07) is 9.17. The normalized spacial score (nSPS) is 12.9. The number of Topliss-reactive ketones (excluding diaryl/α,β-unsaturated/α-hetero) is 1. The number of nitrogens with zero attached hydrogens (tertiary/aromatic N) is 1. The number of hydrogen-bond acceptors (Lipinski definition) is 2. The van der Waals surface area contributed by atoms with Gasteiger partial charge in [0, 0.05) is 13.0 Å². The van der Waals surface area contributed by atoms with E-state index < -0.39 is 0 Å². The van der Waals surface area contributed by atoms with Gasteiger partial charge in [0.1, 0.15) is 11.6 Å². The Bertz CT molecular complexity index is 823. The Labute approximate surface area is 144 Å². The van der Waals surface area contributed by atoms with Gasteiger partial charge in [-0.3, -0.25) is 9.69 Å². The van der Waals surface area contributed by atoms with Gasteiger partial charge in [-0.15, -0.1) is 0 Å². The zero-order valence-corrected chi connectivity index (χ0v) is 13.9. The maximum Gasteiger partial charge on any atom is 0.326 e. The van der Waals surface area contributed by atoms with Crippen LogP contribution in [0.15, 0.2) is 36.4 Å². The van der Waals surface area contributed by atoms with Gasteiger partial charge < -0.3 is 5.32 Å². The van der Waals surface area contributed by atoms with Crippen LogP contribution >= 0.6 is 11.6 Å². The average molecular weight is 347 g/mol. The molecule has 0 saturated heterocycles. The molecule has 1 aliphatic heterocycles. The second-order valence-corrected chi connectivity index (χ2v) is 6.21. The van der Waals surface area contributed by atoms with Crippen molar-refractivity contribution in [2.24, 2.45) is 0 Å². The van der Waals surface area contributed by atoms with Crippen molar-refractivity contribution >= 4 is 34.8 Å². The third-order valence-corrected chi connectivity index (χ3v) is 4.23. The summed E-state index contributed by atoms with van der Waals surface area (Å²) in [5, 5.41) is 3.10. The standard InChI is InChI=1S/C18H16ClFN2O2/c1-11(23)8-12-2-5-16(15(19)9-12)21-18(24)22-7-6-13-3-4-14(20)10-17(13)22/h2-5,9-10H,6-8H2,1H3,(H,21,24). The molecule has 4 nitrogen and oxygen atoms in total. The Morgan fingerprint density at radius 2 is 2.04 bits per heavy atom. The van der Waals surface area contributed by atoms with Crippen LogP contribution in [0, 0.1) is 5.82 Å². The zero-order valence-electron chi connectivity index (χ0n) is 13.1. The Hall–Kier alpha value is -2.40. The molecule has 6 heteroatoms. The molecule has 0 spiro atoms. The van der Waals surface area contributed by atoms with E-state index >= 15 is 0 Å². The third-order valence-electron chi connectivity index (χ3n) is 3.92. The molecular formula is C18H16ClFN2O2. The van der Waals surface area contributed by atoms with Crippen LogP contribution in [-0.2, 0) is 17.6 Å². The topological polar surface area (TPSA) is 49.4 Å². The summed E-state index contributed by atoms with van der Waals surface area (Å²) in [7, 11) is 0. The fourth-order valence-electron chi connectivity index (χ4n) is 2.80. The van der Waals surface area contributed by atoms with Gasteiger partial charge in [0.2, 0.25) is 0 Å². The van der Waals surface area contributed by atoms with E-state index in [2.05, 4.69) is 5.32 Å². The number of amides is 2. The molecule has 3 rings (SSSR count). The summed E-state index contributed by atoms with van der Waals surface area (Å²) >= 11 is 6.18. The lowest BCUT2D eigenvalue weighted by atomic mass is 10.1. The van der Waals surface area contributed by atoms with Gasteiger partial charge in [0.15, 0.2) is 0 Å². The lowest BCUT2D eigenvalue weighted by Crippen LogP contribution is -2.33. The van der Waals surface area contributed by atoms with Crippen LogP contribution in [0.3, 0.4) is 0 Å². The molecule has 2 aromatic carbocycles. The molecule has 0 bridgehead atoms. The summed E-state index contributed by atoms with van der Waals surface area (Å²) in [5.41, 5.74) is 2.77. The van der Waals surface area contributed by atoms with Crippen LogP contribution in [0.25, 0.3) is 0 Å². The number of benzene rings is 2. The van der Waals surface area contributed by atoms with Crippen LogP contribution in [0.4, 0.5) is 20.6 Å². The Morgan fingerprint density at radius 3 is 2.75 bits per heavy atom. The fraction of sp³-hybridized carbons (Fsp3) is 0.222. The first-order valence-electron chi connectivity index (χ1n) is 7.59. The number of fused-ring (bicyclic) bond motifs is 1. The molecule has 2 amide bonds. The van der Waals surface area contributed by atoms with E-state index in [0.717, 1.165) is 11.1 Å². The number of halogens is 2. The number of anilines is 2. The highest BCUT2D eigenvalue weighted by Crippen LogP contribution is 2.30.